The van der Waals surface area contributed by atoms with Gasteiger partial charge < -0.3 is 15.9 Å². The molecule has 0 aromatic carbocycles. The first-order valence-corrected chi connectivity index (χ1v) is 2.81. The molecule has 0 aromatic rings. The second kappa shape index (κ2) is 3.36. The Labute approximate surface area is 49.4 Å². The highest BCUT2D eigenvalue weighted by Gasteiger charge is 2.15. The van der Waals surface area contributed by atoms with Crippen molar-refractivity contribution in [2.45, 2.75) is 0 Å². The third-order valence-corrected chi connectivity index (χ3v) is 0.519. The molecule has 9 heavy (non-hydrogen) atoms. The van der Waals surface area contributed by atoms with Gasteiger partial charge in [-0.05, 0) is 0 Å². The smallest absolute Gasteiger partial charge is 0.481 e. The van der Waals surface area contributed by atoms with Crippen LogP contribution in [0.25, 0.3) is 0 Å². The minimum absolute atomic E-state index is 0. The van der Waals surface area contributed by atoms with Gasteiger partial charge in [-0.2, -0.15) is 0 Å². The number of nitrogens with zero attached hydrogens (tertiary/aromatic N) is 1. The van der Waals surface area contributed by atoms with E-state index in [1.807, 2.05) is 0 Å². The van der Waals surface area contributed by atoms with Crippen LogP contribution >= 0.6 is 7.82 Å². The summed E-state index contributed by atoms with van der Waals surface area (Å²) in [7, 11) is -5.11. The largest absolute Gasteiger partial charge is 0.741 e. The van der Waals surface area contributed by atoms with Gasteiger partial charge in [0.2, 0.25) is 0 Å². The van der Waals surface area contributed by atoms with Crippen LogP contribution in [0, 0.1) is 4.91 Å². The summed E-state index contributed by atoms with van der Waals surface area (Å²) in [5.74, 6) is 0. The quantitative estimate of drug-likeness (QED) is 0.336. The summed E-state index contributed by atoms with van der Waals surface area (Å²) in [5.41, 5.74) is 0. The Morgan fingerprint density at radius 1 is 1.67 bits per heavy atom. The van der Waals surface area contributed by atoms with Crippen molar-refractivity contribution in [2.24, 2.45) is 0 Å². The van der Waals surface area contributed by atoms with Gasteiger partial charge in [0.1, 0.15) is 4.91 Å². The highest BCUT2D eigenvalue weighted by Crippen LogP contribution is 2.29. The fourth-order valence-electron chi connectivity index (χ4n) is 0.0883. The second-order valence-electron chi connectivity index (χ2n) is 0.788. The molecule has 0 heterocycles. The maximum Gasteiger partial charge on any atom is 0.481 e. The standard InChI is InChI=1S/H2NO6P.H3N/c2-1(3)7-8(4,5)6;/h(H2-,2,3,4,5,6);1H3. The molecule has 0 aliphatic carbocycles. The molecule has 1 unspecified atom stereocenters. The first-order chi connectivity index (χ1) is 3.42. The first kappa shape index (κ1) is 11.2. The van der Waals surface area contributed by atoms with E-state index < -0.39 is 12.9 Å². The highest BCUT2D eigenvalue weighted by molar-refractivity contribution is 7.44. The molecule has 0 rings (SSSR count). The number of rotatable bonds is 2. The van der Waals surface area contributed by atoms with Crippen molar-refractivity contribution in [1.29, 1.82) is 0 Å². The Kier molecular flexibility index (Phi) is 4.16. The minimum atomic E-state index is -5.11. The van der Waals surface area contributed by atoms with Crippen LogP contribution < -0.4 is 11.0 Å². The van der Waals surface area contributed by atoms with E-state index in [0.29, 0.717) is 0 Å². The fraction of sp³-hybridized carbons (Fsp3) is 0. The van der Waals surface area contributed by atoms with Gasteiger partial charge in [0.25, 0.3) is 0 Å². The molecular formula is H5N2O6P. The zero-order valence-corrected chi connectivity index (χ0v) is 5.02. The lowest BCUT2D eigenvalue weighted by Crippen LogP contribution is -2.09. The van der Waals surface area contributed by atoms with E-state index in [4.69, 9.17) is 10.1 Å². The summed E-state index contributed by atoms with van der Waals surface area (Å²) < 4.78 is 12.2. The van der Waals surface area contributed by atoms with Gasteiger partial charge in [-0.1, -0.05) is 0 Å². The molecule has 0 saturated heterocycles. The third-order valence-electron chi connectivity index (χ3n) is 0.173. The van der Waals surface area contributed by atoms with Gasteiger partial charge in [-0.3, -0.25) is 4.57 Å². The van der Waals surface area contributed by atoms with E-state index in [-0.39, 0.29) is 6.15 Å². The molecular weight excluding hydrogens is 155 g/mol. The van der Waals surface area contributed by atoms with Gasteiger partial charge in [-0.25, -0.2) is 5.21 Å². The predicted octanol–water partition coefficient (Wildman–Crippen LogP) is -1.29. The highest BCUT2D eigenvalue weighted by atomic mass is 31.2. The lowest BCUT2D eigenvalue weighted by molar-refractivity contribution is -0.952. The minimum Gasteiger partial charge on any atom is -0.741 e. The van der Waals surface area contributed by atoms with Crippen molar-refractivity contribution in [3.63, 3.8) is 0 Å². The fourth-order valence-corrected chi connectivity index (χ4v) is 0.265. The van der Waals surface area contributed by atoms with Crippen LogP contribution in [0.4, 0.5) is 0 Å². The summed E-state index contributed by atoms with van der Waals surface area (Å²) in [6.45, 7) is 0. The monoisotopic (exact) mass is 160 g/mol. The lowest BCUT2D eigenvalue weighted by Gasteiger charge is -2.02. The Hall–Kier alpha value is -0.690. The van der Waals surface area contributed by atoms with Crippen molar-refractivity contribution >= 4 is 7.82 Å². The van der Waals surface area contributed by atoms with Crippen molar-refractivity contribution in [3.8, 4) is 0 Å². The zero-order valence-electron chi connectivity index (χ0n) is 4.13. The van der Waals surface area contributed by atoms with Crippen molar-refractivity contribution in [3.05, 3.63) is 4.91 Å². The van der Waals surface area contributed by atoms with E-state index in [0.717, 1.165) is 0 Å². The molecule has 0 fully saturated rings. The van der Waals surface area contributed by atoms with Crippen molar-refractivity contribution < 1.29 is 29.3 Å². The predicted molar refractivity (Wildman–Crippen MR) is 21.3 cm³/mol. The summed E-state index contributed by atoms with van der Waals surface area (Å²) >= 11 is 0. The molecule has 0 saturated carbocycles. The molecule has 0 radical (unpaired) electrons. The summed E-state index contributed by atoms with van der Waals surface area (Å²) in [5, 5.41) is 6.04. The molecule has 8 nitrogen and oxygen atoms in total. The normalized spacial score (nSPS) is 14.9. The van der Waals surface area contributed by atoms with E-state index in [9.17, 15) is 14.4 Å². The van der Waals surface area contributed by atoms with Crippen LogP contribution in [0.15, 0.2) is 0 Å². The van der Waals surface area contributed by atoms with Gasteiger partial charge in [0.05, 0.1) is 0 Å². The summed E-state index contributed by atoms with van der Waals surface area (Å²) in [6, 6.07) is 0. The van der Waals surface area contributed by atoms with E-state index >= 15 is 0 Å². The molecule has 0 aromatic heterocycles. The van der Waals surface area contributed by atoms with Crippen molar-refractivity contribution in [1.82, 2.24) is 6.15 Å². The molecule has 56 valence electrons. The van der Waals surface area contributed by atoms with Crippen LogP contribution in [0.5, 0.6) is 0 Å². The number of hydrogen-bond acceptors (Lipinski definition) is 5. The Morgan fingerprint density at radius 2 is 2.00 bits per heavy atom. The molecule has 0 spiro atoms. The maximum absolute atomic E-state index is 9.40. The number of hydrogen-bond donors (Lipinski definition) is 3. The molecule has 0 amide bonds. The molecule has 5 N–H and O–H groups in total. The summed E-state index contributed by atoms with van der Waals surface area (Å²) in [6.07, 6.45) is 0. The van der Waals surface area contributed by atoms with E-state index in [1.165, 1.54) is 0 Å². The second-order valence-corrected chi connectivity index (χ2v) is 1.89. The van der Waals surface area contributed by atoms with Gasteiger partial charge in [-0.15, -0.1) is 4.62 Å². The van der Waals surface area contributed by atoms with Gasteiger partial charge in [0, 0.05) is 0 Å². The van der Waals surface area contributed by atoms with Crippen LogP contribution in [0.1, 0.15) is 0 Å². The maximum atomic E-state index is 9.40. The van der Waals surface area contributed by atoms with Crippen LogP contribution in [-0.4, -0.2) is 15.2 Å². The van der Waals surface area contributed by atoms with Crippen LogP contribution in [0.2, 0.25) is 0 Å². The Morgan fingerprint density at radius 3 is 2.00 bits per heavy atom. The van der Waals surface area contributed by atoms with E-state index in [1.54, 1.807) is 0 Å². The Balaban J connectivity index is 0. The Bertz CT molecular complexity index is 134. The molecule has 0 aliphatic heterocycles. The number of phosphoric acid groups is 1. The molecule has 0 aliphatic rings. The van der Waals surface area contributed by atoms with Crippen LogP contribution in [-0.2, 0) is 9.19 Å². The summed E-state index contributed by atoms with van der Waals surface area (Å²) in [4.78, 5) is 26.1. The van der Waals surface area contributed by atoms with Gasteiger partial charge >= 0.3 is 12.9 Å². The average Bonchev–Trinajstić information content (AvgIpc) is 1.21. The van der Waals surface area contributed by atoms with Crippen molar-refractivity contribution in [2.75, 3.05) is 0 Å². The molecule has 9 heteroatoms. The lowest BCUT2D eigenvalue weighted by atomic mass is 13.1. The molecule has 1 atom stereocenters. The zero-order chi connectivity index (χ0) is 6.78. The van der Waals surface area contributed by atoms with E-state index in [2.05, 4.69) is 4.62 Å². The SMILES string of the molecule is N.O=[N+](O)OP(=O)([O-])O. The molecule has 0 bridgehead atoms. The first-order valence-electron chi connectivity index (χ1n) is 1.31. The van der Waals surface area contributed by atoms with Gasteiger partial charge in [0.15, 0.2) is 0 Å². The topological polar surface area (TPSA) is 145 Å². The average molecular weight is 160 g/mol. The third kappa shape index (κ3) is 11.1. The van der Waals surface area contributed by atoms with Crippen LogP contribution in [0.3, 0.4) is 0 Å².